The predicted octanol–water partition coefficient (Wildman–Crippen LogP) is 1.53. The van der Waals surface area contributed by atoms with Gasteiger partial charge in [-0.05, 0) is 12.1 Å². The van der Waals surface area contributed by atoms with Gasteiger partial charge in [0.25, 0.3) is 0 Å². The summed E-state index contributed by atoms with van der Waals surface area (Å²) in [6.07, 6.45) is 1.57. The zero-order valence-corrected chi connectivity index (χ0v) is 8.22. The highest BCUT2D eigenvalue weighted by Gasteiger charge is 2.04. The molecule has 15 heavy (non-hydrogen) atoms. The number of benzene rings is 1. The van der Waals surface area contributed by atoms with Gasteiger partial charge in [0, 0.05) is 7.05 Å². The standard InChI is InChI=1S/C10H10FN3O/c1-14-7-12-13-10(14)6-15-9-5-3-2-4-8(9)11/h2-5,7H,6H2,1H3. The number of para-hydroxylation sites is 1. The molecule has 0 bridgehead atoms. The summed E-state index contributed by atoms with van der Waals surface area (Å²) in [5.74, 6) is 0.499. The van der Waals surface area contributed by atoms with E-state index >= 15 is 0 Å². The molecule has 0 amide bonds. The highest BCUT2D eigenvalue weighted by atomic mass is 19.1. The Balaban J connectivity index is 2.06. The van der Waals surface area contributed by atoms with E-state index in [0.717, 1.165) is 0 Å². The maximum atomic E-state index is 13.2. The van der Waals surface area contributed by atoms with Crippen molar-refractivity contribution < 1.29 is 9.13 Å². The Kier molecular flexibility index (Phi) is 2.62. The van der Waals surface area contributed by atoms with Crippen molar-refractivity contribution in [1.82, 2.24) is 14.8 Å². The van der Waals surface area contributed by atoms with Gasteiger partial charge in [-0.25, -0.2) is 4.39 Å². The molecule has 1 aromatic heterocycles. The summed E-state index contributed by atoms with van der Waals surface area (Å²) in [4.78, 5) is 0. The average molecular weight is 207 g/mol. The quantitative estimate of drug-likeness (QED) is 0.766. The van der Waals surface area contributed by atoms with Gasteiger partial charge in [-0.3, -0.25) is 0 Å². The van der Waals surface area contributed by atoms with E-state index in [1.54, 1.807) is 36.1 Å². The molecule has 0 fully saturated rings. The third-order valence-electron chi connectivity index (χ3n) is 2.00. The predicted molar refractivity (Wildman–Crippen MR) is 51.7 cm³/mol. The van der Waals surface area contributed by atoms with Crippen molar-refractivity contribution >= 4 is 0 Å². The van der Waals surface area contributed by atoms with Gasteiger partial charge in [-0.1, -0.05) is 12.1 Å². The summed E-state index contributed by atoms with van der Waals surface area (Å²) >= 11 is 0. The lowest BCUT2D eigenvalue weighted by molar-refractivity contribution is 0.277. The molecule has 2 rings (SSSR count). The maximum Gasteiger partial charge on any atom is 0.170 e. The number of ether oxygens (including phenoxy) is 1. The van der Waals surface area contributed by atoms with E-state index in [9.17, 15) is 4.39 Å². The summed E-state index contributed by atoms with van der Waals surface area (Å²) in [5.41, 5.74) is 0. The van der Waals surface area contributed by atoms with Crippen LogP contribution in [0.4, 0.5) is 4.39 Å². The Bertz CT molecular complexity index is 455. The molecular formula is C10H10FN3O. The molecule has 0 aliphatic heterocycles. The van der Waals surface area contributed by atoms with Gasteiger partial charge in [0.05, 0.1) is 0 Å². The molecule has 78 valence electrons. The number of halogens is 1. The van der Waals surface area contributed by atoms with Crippen molar-refractivity contribution in [3.63, 3.8) is 0 Å². The van der Waals surface area contributed by atoms with Crippen LogP contribution in [0, 0.1) is 5.82 Å². The number of hydrogen-bond donors (Lipinski definition) is 0. The molecular weight excluding hydrogens is 197 g/mol. The lowest BCUT2D eigenvalue weighted by atomic mass is 10.3. The third-order valence-corrected chi connectivity index (χ3v) is 2.00. The molecule has 0 aliphatic carbocycles. The van der Waals surface area contributed by atoms with Crippen LogP contribution in [0.15, 0.2) is 30.6 Å². The Morgan fingerprint density at radius 2 is 2.20 bits per heavy atom. The van der Waals surface area contributed by atoms with Crippen LogP contribution < -0.4 is 4.74 Å². The average Bonchev–Trinajstić information content (AvgIpc) is 2.63. The van der Waals surface area contributed by atoms with Crippen LogP contribution in [0.2, 0.25) is 0 Å². The zero-order chi connectivity index (χ0) is 10.7. The van der Waals surface area contributed by atoms with E-state index in [0.29, 0.717) is 5.82 Å². The second kappa shape index (κ2) is 4.08. The van der Waals surface area contributed by atoms with Crippen molar-refractivity contribution in [3.8, 4) is 5.75 Å². The summed E-state index contributed by atoms with van der Waals surface area (Å²) in [6.45, 7) is 0.206. The molecule has 0 saturated carbocycles. The minimum atomic E-state index is -0.375. The van der Waals surface area contributed by atoms with E-state index < -0.39 is 0 Å². The van der Waals surface area contributed by atoms with Crippen LogP contribution in [0.1, 0.15) is 5.82 Å². The van der Waals surface area contributed by atoms with E-state index in [4.69, 9.17) is 4.74 Å². The summed E-state index contributed by atoms with van der Waals surface area (Å²) in [6, 6.07) is 6.26. The summed E-state index contributed by atoms with van der Waals surface area (Å²) in [7, 11) is 1.81. The van der Waals surface area contributed by atoms with Crippen molar-refractivity contribution in [1.29, 1.82) is 0 Å². The van der Waals surface area contributed by atoms with Crippen LogP contribution >= 0.6 is 0 Å². The van der Waals surface area contributed by atoms with E-state index in [2.05, 4.69) is 10.2 Å². The molecule has 5 heteroatoms. The first-order valence-electron chi connectivity index (χ1n) is 4.47. The van der Waals surface area contributed by atoms with Gasteiger partial charge in [0.15, 0.2) is 17.4 Å². The van der Waals surface area contributed by atoms with Gasteiger partial charge in [-0.2, -0.15) is 0 Å². The molecule has 1 heterocycles. The second-order valence-corrected chi connectivity index (χ2v) is 3.08. The van der Waals surface area contributed by atoms with Crippen LogP contribution in [-0.2, 0) is 13.7 Å². The monoisotopic (exact) mass is 207 g/mol. The third kappa shape index (κ3) is 2.12. The topological polar surface area (TPSA) is 39.9 Å². The number of hydrogen-bond acceptors (Lipinski definition) is 3. The normalized spacial score (nSPS) is 10.3. The van der Waals surface area contributed by atoms with Crippen LogP contribution in [0.5, 0.6) is 5.75 Å². The first kappa shape index (κ1) is 9.64. The van der Waals surface area contributed by atoms with Crippen molar-refractivity contribution in [3.05, 3.63) is 42.2 Å². The van der Waals surface area contributed by atoms with Crippen molar-refractivity contribution in [2.24, 2.45) is 7.05 Å². The SMILES string of the molecule is Cn1cnnc1COc1ccccc1F. The first-order chi connectivity index (χ1) is 7.27. The van der Waals surface area contributed by atoms with Gasteiger partial charge < -0.3 is 9.30 Å². The second-order valence-electron chi connectivity index (χ2n) is 3.08. The molecule has 1 aromatic carbocycles. The molecule has 0 N–H and O–H groups in total. The molecule has 4 nitrogen and oxygen atoms in total. The number of nitrogens with zero attached hydrogens (tertiary/aromatic N) is 3. The lowest BCUT2D eigenvalue weighted by Gasteiger charge is -2.05. The molecule has 0 atom stereocenters. The number of aromatic nitrogens is 3. The smallest absolute Gasteiger partial charge is 0.170 e. The molecule has 0 saturated heterocycles. The molecule has 0 unspecified atom stereocenters. The number of aryl methyl sites for hydroxylation is 1. The Hall–Kier alpha value is -1.91. The molecule has 2 aromatic rings. The molecule has 0 spiro atoms. The Morgan fingerprint density at radius 3 is 2.87 bits per heavy atom. The lowest BCUT2D eigenvalue weighted by Crippen LogP contribution is -2.03. The largest absolute Gasteiger partial charge is 0.483 e. The van der Waals surface area contributed by atoms with E-state index in [1.165, 1.54) is 6.07 Å². The fourth-order valence-corrected chi connectivity index (χ4v) is 1.14. The summed E-state index contributed by atoms with van der Waals surface area (Å²) < 4.78 is 20.1. The minimum absolute atomic E-state index is 0.206. The minimum Gasteiger partial charge on any atom is -0.483 e. The van der Waals surface area contributed by atoms with Crippen LogP contribution in [0.25, 0.3) is 0 Å². The Labute approximate surface area is 86.3 Å². The first-order valence-corrected chi connectivity index (χ1v) is 4.47. The number of rotatable bonds is 3. The van der Waals surface area contributed by atoms with Gasteiger partial charge in [0.1, 0.15) is 12.9 Å². The fourth-order valence-electron chi connectivity index (χ4n) is 1.14. The van der Waals surface area contributed by atoms with Gasteiger partial charge in [0.2, 0.25) is 0 Å². The van der Waals surface area contributed by atoms with E-state index in [1.807, 2.05) is 0 Å². The van der Waals surface area contributed by atoms with Gasteiger partial charge >= 0.3 is 0 Å². The van der Waals surface area contributed by atoms with Crippen molar-refractivity contribution in [2.45, 2.75) is 6.61 Å². The van der Waals surface area contributed by atoms with Crippen LogP contribution in [-0.4, -0.2) is 14.8 Å². The molecule has 0 radical (unpaired) electrons. The fraction of sp³-hybridized carbons (Fsp3) is 0.200. The highest BCUT2D eigenvalue weighted by molar-refractivity contribution is 5.23. The Morgan fingerprint density at radius 1 is 1.40 bits per heavy atom. The summed E-state index contributed by atoms with van der Waals surface area (Å²) in [5, 5.41) is 7.52. The van der Waals surface area contributed by atoms with Crippen molar-refractivity contribution in [2.75, 3.05) is 0 Å². The zero-order valence-electron chi connectivity index (χ0n) is 8.22. The van der Waals surface area contributed by atoms with E-state index in [-0.39, 0.29) is 18.2 Å². The van der Waals surface area contributed by atoms with Gasteiger partial charge in [-0.15, -0.1) is 10.2 Å². The maximum absolute atomic E-state index is 13.2. The van der Waals surface area contributed by atoms with Crippen LogP contribution in [0.3, 0.4) is 0 Å². The highest BCUT2D eigenvalue weighted by Crippen LogP contribution is 2.16. The molecule has 0 aliphatic rings.